The zero-order valence-corrected chi connectivity index (χ0v) is 39.2. The van der Waals surface area contributed by atoms with E-state index in [0.29, 0.717) is 0 Å². The van der Waals surface area contributed by atoms with Gasteiger partial charge in [-0.1, -0.05) is 181 Å². The van der Waals surface area contributed by atoms with Gasteiger partial charge < -0.3 is 14.4 Å². The summed E-state index contributed by atoms with van der Waals surface area (Å²) in [5, 5.41) is 2.57. The lowest BCUT2D eigenvalue weighted by Crippen LogP contribution is -2.33. The highest BCUT2D eigenvalue weighted by atomic mass is 15.2. The van der Waals surface area contributed by atoms with Crippen LogP contribution in [0.2, 0.25) is 0 Å². The topological polar surface area (TPSA) is 11.4 Å². The van der Waals surface area contributed by atoms with Crippen LogP contribution in [0.3, 0.4) is 0 Å². The first-order valence-corrected chi connectivity index (χ1v) is 24.6. The van der Waals surface area contributed by atoms with E-state index in [9.17, 15) is 0 Å². The molecule has 71 heavy (non-hydrogen) atoms. The Hall–Kier alpha value is -9.18. The summed E-state index contributed by atoms with van der Waals surface area (Å²) < 4.78 is 2.52. The quantitative estimate of drug-likeness (QED) is 0.151. The zero-order chi connectivity index (χ0) is 47.0. The van der Waals surface area contributed by atoms with Crippen molar-refractivity contribution in [3.05, 3.63) is 295 Å². The second-order valence-electron chi connectivity index (χ2n) is 19.0. The molecule has 3 nitrogen and oxygen atoms in total. The smallest absolute Gasteiger partial charge is 0.0754 e. The van der Waals surface area contributed by atoms with E-state index >= 15 is 0 Å². The van der Waals surface area contributed by atoms with Gasteiger partial charge in [0, 0.05) is 44.9 Å². The van der Waals surface area contributed by atoms with Gasteiger partial charge in [0.05, 0.1) is 22.1 Å². The Kier molecular flexibility index (Phi) is 9.33. The molecule has 1 aromatic heterocycles. The lowest BCUT2D eigenvalue weighted by atomic mass is 9.65. The van der Waals surface area contributed by atoms with Crippen molar-refractivity contribution in [2.24, 2.45) is 0 Å². The maximum atomic E-state index is 2.52. The number of hydrogen-bond acceptors (Lipinski definition) is 2. The fourth-order valence-electron chi connectivity index (χ4n) is 12.0. The number of hydrogen-bond donors (Lipinski definition) is 0. The van der Waals surface area contributed by atoms with Crippen LogP contribution in [0.15, 0.2) is 267 Å². The molecule has 14 rings (SSSR count). The van der Waals surface area contributed by atoms with Crippen LogP contribution in [0.5, 0.6) is 0 Å². The number of anilines is 6. The molecule has 1 aliphatic heterocycles. The Balaban J connectivity index is 0.910. The summed E-state index contributed by atoms with van der Waals surface area (Å²) in [6, 6.07) is 98.2. The van der Waals surface area contributed by atoms with Crippen molar-refractivity contribution in [1.29, 1.82) is 0 Å². The van der Waals surface area contributed by atoms with E-state index in [1.54, 1.807) is 0 Å². The third-order valence-electron chi connectivity index (χ3n) is 15.0. The Morgan fingerprint density at radius 3 is 1.49 bits per heavy atom. The highest BCUT2D eigenvalue weighted by Crippen LogP contribution is 2.61. The molecular formula is C68H47N3. The normalized spacial score (nSPS) is 14.0. The molecule has 1 aliphatic carbocycles. The molecule has 2 aliphatic rings. The van der Waals surface area contributed by atoms with Crippen molar-refractivity contribution in [2.75, 3.05) is 9.80 Å². The Labute approximate surface area is 414 Å². The summed E-state index contributed by atoms with van der Waals surface area (Å²) in [6.07, 6.45) is 0. The summed E-state index contributed by atoms with van der Waals surface area (Å²) in [5.41, 5.74) is 23.7. The standard InChI is InChI=1S/C68H47N3/c1-46-31-41-57-58-42-34-50(45-64(58)68(63(57)43-46)61-27-12-14-30-66(61)71-65-29-13-11-25-59(65)60-26-16-28-62(68)67(60)71)48-32-35-53(36-33-48)70(56-24-15-19-49(44-56)47-17-5-2-6-18-47)55-39-37-54(38-40-55)69(51-20-7-3-8-21-51)52-22-9-4-10-23-52/h2-45H,1H3. The number of para-hydroxylation sites is 5. The molecule has 12 aromatic rings. The predicted octanol–water partition coefficient (Wildman–Crippen LogP) is 18.0. The van der Waals surface area contributed by atoms with Gasteiger partial charge in [-0.05, 0) is 154 Å². The van der Waals surface area contributed by atoms with Crippen molar-refractivity contribution in [3.63, 3.8) is 0 Å². The van der Waals surface area contributed by atoms with Crippen LogP contribution < -0.4 is 9.80 Å². The van der Waals surface area contributed by atoms with Crippen LogP contribution in [-0.2, 0) is 5.41 Å². The monoisotopic (exact) mass is 905 g/mol. The molecule has 0 fully saturated rings. The molecule has 0 N–H and O–H groups in total. The Morgan fingerprint density at radius 2 is 0.775 bits per heavy atom. The van der Waals surface area contributed by atoms with Crippen molar-refractivity contribution in [2.45, 2.75) is 12.3 Å². The van der Waals surface area contributed by atoms with Crippen LogP contribution in [0, 0.1) is 6.92 Å². The molecule has 334 valence electrons. The molecule has 0 saturated carbocycles. The first-order valence-electron chi connectivity index (χ1n) is 24.6. The van der Waals surface area contributed by atoms with E-state index in [2.05, 4.69) is 288 Å². The van der Waals surface area contributed by atoms with Crippen molar-refractivity contribution >= 4 is 55.9 Å². The summed E-state index contributed by atoms with van der Waals surface area (Å²) >= 11 is 0. The first kappa shape index (κ1) is 40.8. The number of benzene rings is 11. The number of rotatable bonds is 8. The minimum Gasteiger partial charge on any atom is -0.311 e. The molecule has 1 spiro atoms. The van der Waals surface area contributed by atoms with Crippen LogP contribution in [0.25, 0.3) is 60.9 Å². The molecule has 1 atom stereocenters. The van der Waals surface area contributed by atoms with Gasteiger partial charge in [0.1, 0.15) is 0 Å². The van der Waals surface area contributed by atoms with Crippen molar-refractivity contribution in [3.8, 4) is 39.1 Å². The van der Waals surface area contributed by atoms with E-state index in [1.165, 1.54) is 88.7 Å². The fraction of sp³-hybridized carbons (Fsp3) is 0.0294. The van der Waals surface area contributed by atoms with Gasteiger partial charge in [-0.15, -0.1) is 0 Å². The number of fused-ring (bicyclic) bond motifs is 12. The number of nitrogens with zero attached hydrogens (tertiary/aromatic N) is 3. The van der Waals surface area contributed by atoms with E-state index in [0.717, 1.165) is 34.1 Å². The Bertz CT molecular complexity index is 3950. The lowest BCUT2D eigenvalue weighted by molar-refractivity contribution is 0.748. The van der Waals surface area contributed by atoms with Crippen LogP contribution in [0.1, 0.15) is 27.8 Å². The van der Waals surface area contributed by atoms with Crippen LogP contribution >= 0.6 is 0 Å². The van der Waals surface area contributed by atoms with Gasteiger partial charge in [-0.25, -0.2) is 0 Å². The first-order chi connectivity index (χ1) is 35.1. The molecule has 11 aromatic carbocycles. The summed E-state index contributed by atoms with van der Waals surface area (Å²) in [7, 11) is 0. The van der Waals surface area contributed by atoms with Gasteiger partial charge in [0.25, 0.3) is 0 Å². The van der Waals surface area contributed by atoms with Gasteiger partial charge in [0.15, 0.2) is 0 Å². The van der Waals surface area contributed by atoms with Gasteiger partial charge >= 0.3 is 0 Å². The van der Waals surface area contributed by atoms with Gasteiger partial charge in [-0.3, -0.25) is 0 Å². The molecule has 1 unspecified atom stereocenters. The molecule has 0 saturated heterocycles. The summed E-state index contributed by atoms with van der Waals surface area (Å²) in [5.74, 6) is 0. The average Bonchev–Trinajstić information content (AvgIpc) is 3.92. The summed E-state index contributed by atoms with van der Waals surface area (Å²) in [6.45, 7) is 2.23. The highest BCUT2D eigenvalue weighted by molar-refractivity contribution is 6.13. The molecular weight excluding hydrogens is 859 g/mol. The molecule has 2 heterocycles. The zero-order valence-electron chi connectivity index (χ0n) is 39.2. The highest BCUT2D eigenvalue weighted by Gasteiger charge is 2.51. The second kappa shape index (κ2) is 16.2. The largest absolute Gasteiger partial charge is 0.311 e. The van der Waals surface area contributed by atoms with E-state index in [1.807, 2.05) is 0 Å². The van der Waals surface area contributed by atoms with E-state index in [-0.39, 0.29) is 0 Å². The fourth-order valence-corrected chi connectivity index (χ4v) is 12.0. The molecule has 3 heteroatoms. The van der Waals surface area contributed by atoms with Crippen LogP contribution in [0.4, 0.5) is 34.1 Å². The maximum Gasteiger partial charge on any atom is 0.0754 e. The average molecular weight is 906 g/mol. The van der Waals surface area contributed by atoms with Crippen molar-refractivity contribution < 1.29 is 0 Å². The summed E-state index contributed by atoms with van der Waals surface area (Å²) in [4.78, 5) is 4.69. The SMILES string of the molecule is Cc1ccc2c(c1)C1(c3cc(-c4ccc(N(c5ccc(N(c6ccccc6)c6ccccc6)cc5)c5cccc(-c6ccccc6)c5)cc4)ccc3-2)c2ccccc2-n2c3ccccc3c3cccc1c32. The minimum absolute atomic E-state index is 0.517. The third-order valence-corrected chi connectivity index (χ3v) is 15.0. The predicted molar refractivity (Wildman–Crippen MR) is 297 cm³/mol. The van der Waals surface area contributed by atoms with E-state index < -0.39 is 5.41 Å². The minimum atomic E-state index is -0.517. The molecule has 0 radical (unpaired) electrons. The molecule has 0 amide bonds. The van der Waals surface area contributed by atoms with Crippen molar-refractivity contribution in [1.82, 2.24) is 4.57 Å². The molecule has 0 bridgehead atoms. The van der Waals surface area contributed by atoms with Gasteiger partial charge in [-0.2, -0.15) is 0 Å². The lowest BCUT2D eigenvalue weighted by Gasteiger charge is -2.39. The van der Waals surface area contributed by atoms with Crippen LogP contribution in [-0.4, -0.2) is 4.57 Å². The maximum absolute atomic E-state index is 2.52. The van der Waals surface area contributed by atoms with Gasteiger partial charge in [0.2, 0.25) is 0 Å². The third kappa shape index (κ3) is 6.30. The second-order valence-corrected chi connectivity index (χ2v) is 19.0. The Morgan fingerprint density at radius 1 is 0.310 bits per heavy atom. The van der Waals surface area contributed by atoms with E-state index in [4.69, 9.17) is 0 Å². The number of aromatic nitrogens is 1. The number of aryl methyl sites for hydroxylation is 1.